The van der Waals surface area contributed by atoms with Crippen LogP contribution in [0.4, 0.5) is 0 Å². The summed E-state index contributed by atoms with van der Waals surface area (Å²) in [6.45, 7) is 4.76. The van der Waals surface area contributed by atoms with Crippen LogP contribution in [0.25, 0.3) is 6.08 Å². The number of para-hydroxylation sites is 1. The fourth-order valence-electron chi connectivity index (χ4n) is 6.62. The number of likely N-dealkylation sites (tertiary alicyclic amines) is 1. The van der Waals surface area contributed by atoms with Crippen molar-refractivity contribution in [1.82, 2.24) is 4.90 Å². The van der Waals surface area contributed by atoms with E-state index in [1.165, 1.54) is 4.90 Å². The van der Waals surface area contributed by atoms with Crippen LogP contribution in [0.2, 0.25) is 6.32 Å². The van der Waals surface area contributed by atoms with Gasteiger partial charge in [0.15, 0.2) is 0 Å². The van der Waals surface area contributed by atoms with Crippen LogP contribution in [-0.4, -0.2) is 53.2 Å². The summed E-state index contributed by atoms with van der Waals surface area (Å²) in [4.78, 5) is 28.4. The minimum Gasteiger partial charge on any atom is -0.507 e. The number of aromatic hydroxyl groups is 1. The molecule has 2 N–H and O–H groups in total. The van der Waals surface area contributed by atoms with Gasteiger partial charge in [-0.3, -0.25) is 14.5 Å². The second-order valence-electron chi connectivity index (χ2n) is 11.1. The number of fused-ring (bicyclic) bond motifs is 3. The molecule has 2 aliphatic heterocycles. The Balaban J connectivity index is 1.46. The van der Waals surface area contributed by atoms with Gasteiger partial charge in [0.1, 0.15) is 18.1 Å². The number of allylic oxidation sites excluding steroid dienone is 1. The lowest BCUT2D eigenvalue weighted by molar-refractivity contribution is -0.140. The lowest BCUT2D eigenvalue weighted by atomic mass is 9.58. The van der Waals surface area contributed by atoms with Crippen molar-refractivity contribution in [2.45, 2.75) is 58.4 Å². The molecular formula is C32H37BBrNO6. The molecule has 0 saturated carbocycles. The first-order chi connectivity index (χ1) is 19.8. The van der Waals surface area contributed by atoms with Crippen LogP contribution in [0.15, 0.2) is 69.7 Å². The average Bonchev–Trinajstić information content (AvgIpc) is 3.20. The van der Waals surface area contributed by atoms with Gasteiger partial charge in [-0.15, -0.1) is 0 Å². The number of phenols is 1. The average molecular weight is 622 g/mol. The van der Waals surface area contributed by atoms with Crippen molar-refractivity contribution in [1.29, 1.82) is 0 Å². The van der Waals surface area contributed by atoms with E-state index in [0.717, 1.165) is 38.9 Å². The van der Waals surface area contributed by atoms with E-state index in [9.17, 15) is 19.7 Å². The number of hydrogen-bond donors (Lipinski definition) is 2. The molecule has 0 radical (unpaired) electrons. The van der Waals surface area contributed by atoms with Gasteiger partial charge >= 0.3 is 7.12 Å². The first-order valence-electron chi connectivity index (χ1n) is 14.6. The van der Waals surface area contributed by atoms with Crippen LogP contribution in [-0.2, 0) is 14.2 Å². The maximum atomic E-state index is 13.6. The first kappa shape index (κ1) is 29.6. The highest BCUT2D eigenvalue weighted by Gasteiger charge is 2.57. The van der Waals surface area contributed by atoms with E-state index in [2.05, 4.69) is 22.9 Å². The Labute approximate surface area is 250 Å². The highest BCUT2D eigenvalue weighted by molar-refractivity contribution is 9.10. The second-order valence-corrected chi connectivity index (χ2v) is 12.1. The predicted molar refractivity (Wildman–Crippen MR) is 162 cm³/mol. The van der Waals surface area contributed by atoms with Gasteiger partial charge in [-0.2, -0.15) is 0 Å². The van der Waals surface area contributed by atoms with E-state index in [1.54, 1.807) is 12.1 Å². The maximum absolute atomic E-state index is 13.6. The molecule has 2 heterocycles. The number of hydrogen-bond acceptors (Lipinski definition) is 6. The SMILES string of the molecule is CCCN1C(=O)[C@@H]2[C@@H](CC(COc3ccccc3)=C3[C@@H](CC/C(=C/c4cc(Br)ccc4O)CC)OB(O)C[C@@H]32)C1=O. The second kappa shape index (κ2) is 13.0. The van der Waals surface area contributed by atoms with Crippen molar-refractivity contribution in [3.05, 3.63) is 75.3 Å². The molecule has 2 amide bonds. The van der Waals surface area contributed by atoms with Crippen LogP contribution in [0, 0.1) is 17.8 Å². The van der Waals surface area contributed by atoms with Gasteiger partial charge in [0.25, 0.3) is 0 Å². The zero-order chi connectivity index (χ0) is 29.1. The van der Waals surface area contributed by atoms with E-state index in [4.69, 9.17) is 9.39 Å². The van der Waals surface area contributed by atoms with Gasteiger partial charge in [0.2, 0.25) is 11.8 Å². The summed E-state index contributed by atoms with van der Waals surface area (Å²) in [6, 6.07) is 14.9. The molecule has 4 atom stereocenters. The molecule has 0 bridgehead atoms. The smallest absolute Gasteiger partial charge is 0.455 e. The van der Waals surface area contributed by atoms with Crippen molar-refractivity contribution in [3.63, 3.8) is 0 Å². The Kier molecular flexibility index (Phi) is 9.37. The number of nitrogens with zero attached hydrogens (tertiary/aromatic N) is 1. The summed E-state index contributed by atoms with van der Waals surface area (Å²) in [5, 5.41) is 21.2. The molecule has 3 aliphatic rings. The Morgan fingerprint density at radius 2 is 1.93 bits per heavy atom. The number of imide groups is 1. The highest BCUT2D eigenvalue weighted by atomic mass is 79.9. The number of benzene rings is 2. The molecule has 41 heavy (non-hydrogen) atoms. The summed E-state index contributed by atoms with van der Waals surface area (Å²) in [5.74, 6) is -0.484. The number of amides is 2. The van der Waals surface area contributed by atoms with Crippen LogP contribution < -0.4 is 4.74 Å². The van der Waals surface area contributed by atoms with Crippen molar-refractivity contribution in [3.8, 4) is 11.5 Å². The van der Waals surface area contributed by atoms with Crippen LogP contribution >= 0.6 is 15.9 Å². The highest BCUT2D eigenvalue weighted by Crippen LogP contribution is 2.50. The number of carbonyl (C=O) groups excluding carboxylic acids is 2. The molecule has 216 valence electrons. The lowest BCUT2D eigenvalue weighted by Crippen LogP contribution is -2.46. The van der Waals surface area contributed by atoms with Gasteiger partial charge in [-0.1, -0.05) is 59.6 Å². The fraction of sp³-hybridized carbons (Fsp3) is 0.438. The third-order valence-electron chi connectivity index (χ3n) is 8.53. The van der Waals surface area contributed by atoms with Crippen molar-refractivity contribution >= 4 is 40.9 Å². The first-order valence-corrected chi connectivity index (χ1v) is 15.4. The molecule has 2 aromatic rings. The molecule has 2 fully saturated rings. The fourth-order valence-corrected chi connectivity index (χ4v) is 7.00. The van der Waals surface area contributed by atoms with Crippen LogP contribution in [0.3, 0.4) is 0 Å². The van der Waals surface area contributed by atoms with E-state index in [-0.39, 0.29) is 29.8 Å². The number of rotatable bonds is 10. The van der Waals surface area contributed by atoms with Crippen LogP contribution in [0.5, 0.6) is 11.5 Å². The number of ether oxygens (including phenoxy) is 1. The quantitative estimate of drug-likeness (QED) is 0.191. The third kappa shape index (κ3) is 6.32. The molecule has 9 heteroatoms. The number of phenolic OH excluding ortho intramolecular Hbond substituents is 1. The molecule has 0 spiro atoms. The van der Waals surface area contributed by atoms with Crippen molar-refractivity contribution in [2.24, 2.45) is 17.8 Å². The largest absolute Gasteiger partial charge is 0.507 e. The minimum absolute atomic E-state index is 0.110. The van der Waals surface area contributed by atoms with E-state index < -0.39 is 25.1 Å². The van der Waals surface area contributed by atoms with Gasteiger partial charge < -0.3 is 19.5 Å². The predicted octanol–water partition coefficient (Wildman–Crippen LogP) is 6.01. The molecular weight excluding hydrogens is 585 g/mol. The van der Waals surface area contributed by atoms with Crippen molar-refractivity contribution < 1.29 is 29.1 Å². The van der Waals surface area contributed by atoms with E-state index in [0.29, 0.717) is 38.8 Å². The standard InChI is InChI=1S/C32H37BBrNO6/c1-3-14-35-31(37)25-17-22(19-40-24-8-6-5-7-9-24)29-26(30(25)32(35)38)18-33(39)41-28(29)13-10-20(4-2)15-21-16-23(34)11-12-27(21)36/h5-9,11-12,15-16,25-26,28,30,36,39H,3-4,10,13-14,17-19H2,1-2H3/b20-15+/t25-,26+,28-,30-/m1/s1. The zero-order valence-electron chi connectivity index (χ0n) is 23.6. The van der Waals surface area contributed by atoms with E-state index in [1.807, 2.05) is 49.4 Å². The number of carbonyl (C=O) groups is 2. The monoisotopic (exact) mass is 621 g/mol. The van der Waals surface area contributed by atoms with Crippen molar-refractivity contribution in [2.75, 3.05) is 13.2 Å². The van der Waals surface area contributed by atoms with Gasteiger partial charge in [0, 0.05) is 16.6 Å². The van der Waals surface area contributed by atoms with Crippen LogP contribution in [0.1, 0.15) is 51.5 Å². The maximum Gasteiger partial charge on any atom is 0.455 e. The Bertz CT molecular complexity index is 1340. The molecule has 2 saturated heterocycles. The molecule has 7 nitrogen and oxygen atoms in total. The van der Waals surface area contributed by atoms with E-state index >= 15 is 0 Å². The molecule has 0 aromatic heterocycles. The topological polar surface area (TPSA) is 96.3 Å². The van der Waals surface area contributed by atoms with Gasteiger partial charge in [-0.05, 0) is 85.8 Å². The number of halogens is 1. The lowest BCUT2D eigenvalue weighted by Gasteiger charge is -2.43. The van der Waals surface area contributed by atoms with Gasteiger partial charge in [0.05, 0.1) is 17.9 Å². The summed E-state index contributed by atoms with van der Waals surface area (Å²) in [5.41, 5.74) is 3.87. The molecule has 0 unspecified atom stereocenters. The van der Waals surface area contributed by atoms with Gasteiger partial charge in [-0.25, -0.2) is 0 Å². The summed E-state index contributed by atoms with van der Waals surface area (Å²) in [7, 11) is -1.02. The minimum atomic E-state index is -1.02. The summed E-state index contributed by atoms with van der Waals surface area (Å²) < 4.78 is 13.2. The normalized spacial score (nSPS) is 24.5. The Morgan fingerprint density at radius 1 is 1.15 bits per heavy atom. The Hall–Kier alpha value is -2.88. The Morgan fingerprint density at radius 3 is 2.66 bits per heavy atom. The molecule has 2 aromatic carbocycles. The summed E-state index contributed by atoms with van der Waals surface area (Å²) in [6.07, 6.45) is 5.11. The molecule has 5 rings (SSSR count). The summed E-state index contributed by atoms with van der Waals surface area (Å²) >= 11 is 3.48. The zero-order valence-corrected chi connectivity index (χ0v) is 25.2. The third-order valence-corrected chi connectivity index (χ3v) is 9.03. The molecule has 1 aliphatic carbocycles.